The fraction of sp³-hybridized carbons (Fsp3) is 0.500. The summed E-state index contributed by atoms with van der Waals surface area (Å²) >= 11 is 8.74. The van der Waals surface area contributed by atoms with Crippen molar-refractivity contribution in [2.24, 2.45) is 0 Å². The number of amides is 2. The van der Waals surface area contributed by atoms with Crippen LogP contribution in [0.15, 0.2) is 22.7 Å². The largest absolute Gasteiger partial charge is 0.493 e. The van der Waals surface area contributed by atoms with Crippen LogP contribution in [0.4, 0.5) is 0 Å². The van der Waals surface area contributed by atoms with Gasteiger partial charge in [0.2, 0.25) is 5.91 Å². The maximum absolute atomic E-state index is 12.6. The van der Waals surface area contributed by atoms with E-state index >= 15 is 0 Å². The molecule has 10 heteroatoms. The highest BCUT2D eigenvalue weighted by Gasteiger charge is 2.34. The first-order chi connectivity index (χ1) is 14.4. The van der Waals surface area contributed by atoms with Crippen molar-refractivity contribution in [3.05, 3.63) is 28.2 Å². The van der Waals surface area contributed by atoms with E-state index in [1.807, 2.05) is 13.8 Å². The van der Waals surface area contributed by atoms with Gasteiger partial charge in [-0.2, -0.15) is 0 Å². The number of unbranched alkanes of at least 4 members (excludes halogenated alkanes) is 1. The summed E-state index contributed by atoms with van der Waals surface area (Å²) < 4.78 is 11.3. The van der Waals surface area contributed by atoms with Gasteiger partial charge in [0.15, 0.2) is 5.11 Å². The summed E-state index contributed by atoms with van der Waals surface area (Å²) in [6, 6.07) is 4.12. The van der Waals surface area contributed by atoms with Gasteiger partial charge >= 0.3 is 5.97 Å². The number of benzene rings is 1. The highest BCUT2D eigenvalue weighted by Crippen LogP contribution is 2.26. The predicted molar refractivity (Wildman–Crippen MR) is 119 cm³/mol. The molecule has 1 fully saturated rings. The van der Waals surface area contributed by atoms with Crippen molar-refractivity contribution in [1.29, 1.82) is 0 Å². The number of esters is 1. The van der Waals surface area contributed by atoms with Crippen LogP contribution in [-0.4, -0.2) is 60.1 Å². The van der Waals surface area contributed by atoms with Crippen molar-refractivity contribution in [3.63, 3.8) is 0 Å². The van der Waals surface area contributed by atoms with Gasteiger partial charge in [-0.15, -0.1) is 0 Å². The Bertz CT molecular complexity index is 805. The number of piperazine rings is 1. The minimum absolute atomic E-state index is 0.0891. The van der Waals surface area contributed by atoms with Crippen LogP contribution in [-0.2, 0) is 14.3 Å². The lowest BCUT2D eigenvalue weighted by Gasteiger charge is -2.36. The lowest BCUT2D eigenvalue weighted by Crippen LogP contribution is -2.60. The number of ether oxygens (including phenoxy) is 2. The van der Waals surface area contributed by atoms with E-state index in [0.29, 0.717) is 42.1 Å². The fourth-order valence-electron chi connectivity index (χ4n) is 2.86. The van der Waals surface area contributed by atoms with Gasteiger partial charge in [0, 0.05) is 18.7 Å². The minimum Gasteiger partial charge on any atom is -0.493 e. The molecule has 2 N–H and O–H groups in total. The van der Waals surface area contributed by atoms with Gasteiger partial charge in [0.25, 0.3) is 5.91 Å². The summed E-state index contributed by atoms with van der Waals surface area (Å²) in [6.45, 7) is 5.44. The quantitative estimate of drug-likeness (QED) is 0.322. The zero-order valence-corrected chi connectivity index (χ0v) is 19.4. The smallest absolute Gasteiger partial charge is 0.308 e. The lowest BCUT2D eigenvalue weighted by molar-refractivity contribution is -0.147. The van der Waals surface area contributed by atoms with Crippen LogP contribution >= 0.6 is 28.1 Å². The van der Waals surface area contributed by atoms with E-state index < -0.39 is 17.9 Å². The molecule has 1 unspecified atom stereocenters. The standard InChI is InChI=1S/C20H26BrN3O5S/c1-3-5-10-29-17(25)12-15-19(27)22-8-9-24(15)20(30)23-18(26)13-6-7-16(28-4-2)14(21)11-13/h6-7,11,15H,3-5,8-10,12H2,1-2H3,(H,22,27)(H,23,26,30). The first-order valence-electron chi connectivity index (χ1n) is 9.85. The average molecular weight is 500 g/mol. The van der Waals surface area contributed by atoms with Gasteiger partial charge in [0.1, 0.15) is 11.8 Å². The first-order valence-corrected chi connectivity index (χ1v) is 11.0. The Hall–Kier alpha value is -2.20. The third kappa shape index (κ3) is 6.66. The molecule has 0 spiro atoms. The molecule has 1 aliphatic rings. The van der Waals surface area contributed by atoms with Gasteiger partial charge in [0.05, 0.1) is 24.1 Å². The molecule has 1 atom stereocenters. The van der Waals surface area contributed by atoms with Crippen LogP contribution < -0.4 is 15.4 Å². The molecule has 0 radical (unpaired) electrons. The Labute approximate surface area is 189 Å². The summed E-state index contributed by atoms with van der Waals surface area (Å²) in [7, 11) is 0. The molecular formula is C20H26BrN3O5S. The van der Waals surface area contributed by atoms with E-state index in [-0.39, 0.29) is 17.4 Å². The molecule has 1 aromatic carbocycles. The maximum atomic E-state index is 12.6. The highest BCUT2D eigenvalue weighted by atomic mass is 79.9. The first kappa shape index (κ1) is 24.1. The van der Waals surface area contributed by atoms with Gasteiger partial charge in [-0.05, 0) is 59.7 Å². The molecule has 0 aromatic heterocycles. The normalized spacial score (nSPS) is 15.9. The van der Waals surface area contributed by atoms with Gasteiger partial charge in [-0.25, -0.2) is 0 Å². The monoisotopic (exact) mass is 499 g/mol. The van der Waals surface area contributed by atoms with E-state index in [1.54, 1.807) is 23.1 Å². The van der Waals surface area contributed by atoms with Crippen molar-refractivity contribution >= 4 is 51.0 Å². The molecule has 2 rings (SSSR count). The second kappa shape index (κ2) is 11.8. The van der Waals surface area contributed by atoms with E-state index in [2.05, 4.69) is 26.6 Å². The van der Waals surface area contributed by atoms with Crippen LogP contribution in [0.25, 0.3) is 0 Å². The highest BCUT2D eigenvalue weighted by molar-refractivity contribution is 9.10. The van der Waals surface area contributed by atoms with Crippen LogP contribution in [0.3, 0.4) is 0 Å². The Morgan fingerprint density at radius 3 is 2.80 bits per heavy atom. The molecule has 1 heterocycles. The summed E-state index contributed by atoms with van der Waals surface area (Å²) in [4.78, 5) is 38.6. The number of carbonyl (C=O) groups is 3. The number of thiocarbonyl (C=S) groups is 1. The topological polar surface area (TPSA) is 97.0 Å². The van der Waals surface area contributed by atoms with Gasteiger partial charge in [-0.3, -0.25) is 19.7 Å². The molecule has 30 heavy (non-hydrogen) atoms. The Kier molecular flexibility index (Phi) is 9.51. The summed E-state index contributed by atoms with van der Waals surface area (Å²) in [5.41, 5.74) is 0.379. The van der Waals surface area contributed by atoms with Gasteiger partial charge < -0.3 is 19.7 Å². The van der Waals surface area contributed by atoms with Crippen LogP contribution in [0.1, 0.15) is 43.5 Å². The Morgan fingerprint density at radius 2 is 2.13 bits per heavy atom. The SMILES string of the molecule is CCCCOC(=O)CC1C(=O)NCCN1C(=S)NC(=O)c1ccc(OCC)c(Br)c1. The molecular weight excluding hydrogens is 474 g/mol. The fourth-order valence-corrected chi connectivity index (χ4v) is 3.67. The van der Waals surface area contributed by atoms with E-state index in [9.17, 15) is 14.4 Å². The molecule has 1 aromatic rings. The Morgan fingerprint density at radius 1 is 1.37 bits per heavy atom. The predicted octanol–water partition coefficient (Wildman–Crippen LogP) is 2.40. The lowest BCUT2D eigenvalue weighted by atomic mass is 10.1. The molecule has 0 saturated carbocycles. The number of nitrogens with zero attached hydrogens (tertiary/aromatic N) is 1. The number of nitrogens with one attached hydrogen (secondary N) is 2. The molecule has 8 nitrogen and oxygen atoms in total. The summed E-state index contributed by atoms with van der Waals surface area (Å²) in [5, 5.41) is 5.45. The van der Waals surface area contributed by atoms with Crippen molar-refractivity contribution in [2.45, 2.75) is 39.2 Å². The maximum Gasteiger partial charge on any atom is 0.308 e. The van der Waals surface area contributed by atoms with Crippen LogP contribution in [0.5, 0.6) is 5.75 Å². The molecule has 0 bridgehead atoms. The summed E-state index contributed by atoms with van der Waals surface area (Å²) in [5.74, 6) is -0.584. The van der Waals surface area contributed by atoms with E-state index in [4.69, 9.17) is 21.7 Å². The number of hydrogen-bond acceptors (Lipinski definition) is 6. The number of rotatable bonds is 8. The van der Waals surface area contributed by atoms with Crippen LogP contribution in [0.2, 0.25) is 0 Å². The second-order valence-corrected chi connectivity index (χ2v) is 7.86. The van der Waals surface area contributed by atoms with E-state index in [1.165, 1.54) is 0 Å². The van der Waals surface area contributed by atoms with Crippen molar-refractivity contribution in [3.8, 4) is 5.75 Å². The zero-order valence-electron chi connectivity index (χ0n) is 17.0. The van der Waals surface area contributed by atoms with Crippen molar-refractivity contribution in [2.75, 3.05) is 26.3 Å². The van der Waals surface area contributed by atoms with E-state index in [0.717, 1.165) is 12.8 Å². The molecule has 1 saturated heterocycles. The number of halogens is 1. The summed E-state index contributed by atoms with van der Waals surface area (Å²) in [6.07, 6.45) is 1.53. The molecule has 0 aliphatic carbocycles. The molecule has 2 amide bonds. The average Bonchev–Trinajstić information content (AvgIpc) is 2.71. The third-order valence-electron chi connectivity index (χ3n) is 4.43. The zero-order chi connectivity index (χ0) is 22.1. The molecule has 164 valence electrons. The number of carbonyl (C=O) groups excluding carboxylic acids is 3. The third-order valence-corrected chi connectivity index (χ3v) is 5.38. The van der Waals surface area contributed by atoms with Crippen molar-refractivity contribution < 1.29 is 23.9 Å². The molecule has 1 aliphatic heterocycles. The second-order valence-electron chi connectivity index (χ2n) is 6.62. The minimum atomic E-state index is -0.826. The van der Waals surface area contributed by atoms with Crippen molar-refractivity contribution in [1.82, 2.24) is 15.5 Å². The Balaban J connectivity index is 2.03. The number of hydrogen-bond donors (Lipinski definition) is 2. The van der Waals surface area contributed by atoms with Gasteiger partial charge in [-0.1, -0.05) is 13.3 Å². The van der Waals surface area contributed by atoms with Crippen LogP contribution in [0, 0.1) is 0 Å².